The topological polar surface area (TPSA) is 83.3 Å². The lowest BCUT2D eigenvalue weighted by Crippen LogP contribution is -2.22. The SMILES string of the molecule is CCN(CC)c1ccc(Nc2nc(NC)ccc2[N+](=O)[O-])cc1F. The number of nitrogens with zero attached hydrogens (tertiary/aromatic N) is 3. The van der Waals surface area contributed by atoms with Crippen LogP contribution in [0.5, 0.6) is 0 Å². The summed E-state index contributed by atoms with van der Waals surface area (Å²) in [5, 5.41) is 16.8. The summed E-state index contributed by atoms with van der Waals surface area (Å²) < 4.78 is 14.3. The normalized spacial score (nSPS) is 10.3. The first-order chi connectivity index (χ1) is 11.5. The number of halogens is 1. The average molecular weight is 333 g/mol. The van der Waals surface area contributed by atoms with Crippen LogP contribution in [0.15, 0.2) is 30.3 Å². The van der Waals surface area contributed by atoms with Crippen LogP contribution in [0, 0.1) is 15.9 Å². The van der Waals surface area contributed by atoms with Crippen molar-refractivity contribution < 1.29 is 9.31 Å². The van der Waals surface area contributed by atoms with Crippen LogP contribution < -0.4 is 15.5 Å². The summed E-state index contributed by atoms with van der Waals surface area (Å²) in [4.78, 5) is 16.6. The van der Waals surface area contributed by atoms with Crippen molar-refractivity contribution in [3.8, 4) is 0 Å². The first-order valence-electron chi connectivity index (χ1n) is 7.64. The Balaban J connectivity index is 2.34. The van der Waals surface area contributed by atoms with Gasteiger partial charge in [0.15, 0.2) is 0 Å². The van der Waals surface area contributed by atoms with Gasteiger partial charge in [-0.3, -0.25) is 10.1 Å². The molecule has 24 heavy (non-hydrogen) atoms. The van der Waals surface area contributed by atoms with E-state index in [1.807, 2.05) is 18.7 Å². The molecule has 0 unspecified atom stereocenters. The zero-order chi connectivity index (χ0) is 17.7. The molecule has 0 atom stereocenters. The zero-order valence-electron chi connectivity index (χ0n) is 13.8. The Hall–Kier alpha value is -2.90. The number of aromatic nitrogens is 1. The minimum Gasteiger partial charge on any atom is -0.373 e. The Morgan fingerprint density at radius 2 is 1.96 bits per heavy atom. The minimum absolute atomic E-state index is 0.0573. The van der Waals surface area contributed by atoms with Crippen molar-refractivity contribution in [1.82, 2.24) is 4.98 Å². The molecule has 1 aromatic heterocycles. The Morgan fingerprint density at radius 1 is 1.25 bits per heavy atom. The van der Waals surface area contributed by atoms with E-state index >= 15 is 0 Å². The van der Waals surface area contributed by atoms with Crippen molar-refractivity contribution in [2.45, 2.75) is 13.8 Å². The number of nitrogens with one attached hydrogen (secondary N) is 2. The van der Waals surface area contributed by atoms with E-state index in [0.717, 1.165) is 0 Å². The molecule has 1 heterocycles. The Kier molecular flexibility index (Phi) is 5.51. The molecular weight excluding hydrogens is 313 g/mol. The molecule has 0 aliphatic carbocycles. The van der Waals surface area contributed by atoms with E-state index in [9.17, 15) is 14.5 Å². The largest absolute Gasteiger partial charge is 0.373 e. The summed E-state index contributed by atoms with van der Waals surface area (Å²) >= 11 is 0. The fraction of sp³-hybridized carbons (Fsp3) is 0.312. The van der Waals surface area contributed by atoms with Crippen LogP contribution in [-0.2, 0) is 0 Å². The standard InChI is InChI=1S/C16H20FN5O2/c1-4-21(5-2)13-7-6-11(10-12(13)17)19-16-14(22(23)24)8-9-15(18-3)20-16/h6-10H,4-5H2,1-3H3,(H2,18,19,20). The van der Waals surface area contributed by atoms with Gasteiger partial charge in [-0.2, -0.15) is 0 Å². The molecule has 0 spiro atoms. The fourth-order valence-corrected chi connectivity index (χ4v) is 2.37. The van der Waals surface area contributed by atoms with Crippen molar-refractivity contribution in [2.24, 2.45) is 0 Å². The van der Waals surface area contributed by atoms with Gasteiger partial charge < -0.3 is 15.5 Å². The van der Waals surface area contributed by atoms with Crippen LogP contribution in [-0.4, -0.2) is 30.0 Å². The van der Waals surface area contributed by atoms with Gasteiger partial charge in [0.1, 0.15) is 11.6 Å². The lowest BCUT2D eigenvalue weighted by molar-refractivity contribution is -0.384. The number of pyridine rings is 1. The highest BCUT2D eigenvalue weighted by atomic mass is 19.1. The number of nitro groups is 1. The molecule has 1 aromatic carbocycles. The van der Waals surface area contributed by atoms with Crippen molar-refractivity contribution in [3.63, 3.8) is 0 Å². The van der Waals surface area contributed by atoms with Crippen molar-refractivity contribution in [1.29, 1.82) is 0 Å². The van der Waals surface area contributed by atoms with Gasteiger partial charge in [0.05, 0.1) is 10.6 Å². The van der Waals surface area contributed by atoms with Gasteiger partial charge in [-0.15, -0.1) is 0 Å². The van der Waals surface area contributed by atoms with E-state index in [4.69, 9.17) is 0 Å². The van der Waals surface area contributed by atoms with Gasteiger partial charge in [0, 0.05) is 31.9 Å². The second kappa shape index (κ2) is 7.58. The molecule has 0 aliphatic rings. The van der Waals surface area contributed by atoms with Crippen LogP contribution in [0.2, 0.25) is 0 Å². The highest BCUT2D eigenvalue weighted by molar-refractivity contribution is 5.69. The maximum Gasteiger partial charge on any atom is 0.311 e. The van der Waals surface area contributed by atoms with E-state index in [1.54, 1.807) is 19.2 Å². The quantitative estimate of drug-likeness (QED) is 0.593. The maximum atomic E-state index is 14.3. The summed E-state index contributed by atoms with van der Waals surface area (Å²) in [5.74, 6) is 0.140. The summed E-state index contributed by atoms with van der Waals surface area (Å²) in [6.45, 7) is 5.28. The van der Waals surface area contributed by atoms with E-state index in [1.165, 1.54) is 18.2 Å². The smallest absolute Gasteiger partial charge is 0.311 e. The van der Waals surface area contributed by atoms with Gasteiger partial charge in [-0.05, 0) is 38.1 Å². The molecule has 2 aromatic rings. The van der Waals surface area contributed by atoms with Crippen LogP contribution in [0.1, 0.15) is 13.8 Å². The van der Waals surface area contributed by atoms with E-state index in [-0.39, 0.29) is 11.5 Å². The lowest BCUT2D eigenvalue weighted by Gasteiger charge is -2.22. The molecule has 0 bridgehead atoms. The molecule has 2 rings (SSSR count). The molecule has 0 saturated carbocycles. The Bertz CT molecular complexity index is 734. The van der Waals surface area contributed by atoms with E-state index in [2.05, 4.69) is 15.6 Å². The van der Waals surface area contributed by atoms with Gasteiger partial charge >= 0.3 is 5.69 Å². The Labute approximate surface area is 139 Å². The lowest BCUT2D eigenvalue weighted by atomic mass is 10.2. The molecule has 128 valence electrons. The maximum absolute atomic E-state index is 14.3. The summed E-state index contributed by atoms with van der Waals surface area (Å²) in [7, 11) is 1.66. The molecule has 0 amide bonds. The van der Waals surface area contributed by atoms with Crippen molar-refractivity contribution >= 4 is 28.7 Å². The molecule has 0 radical (unpaired) electrons. The fourth-order valence-electron chi connectivity index (χ4n) is 2.37. The molecule has 0 saturated heterocycles. The summed E-state index contributed by atoms with van der Waals surface area (Å²) in [5.41, 5.74) is 0.714. The predicted molar refractivity (Wildman–Crippen MR) is 93.7 cm³/mol. The molecular formula is C16H20FN5O2. The molecule has 0 fully saturated rings. The first kappa shape index (κ1) is 17.5. The average Bonchev–Trinajstić information content (AvgIpc) is 2.57. The number of anilines is 4. The number of benzene rings is 1. The molecule has 0 aliphatic heterocycles. The third-order valence-electron chi connectivity index (χ3n) is 3.64. The molecule has 8 heteroatoms. The zero-order valence-corrected chi connectivity index (χ0v) is 13.8. The Morgan fingerprint density at radius 3 is 2.50 bits per heavy atom. The van der Waals surface area contributed by atoms with Crippen LogP contribution in [0.4, 0.5) is 33.1 Å². The van der Waals surface area contributed by atoms with Gasteiger partial charge in [-0.1, -0.05) is 0 Å². The van der Waals surface area contributed by atoms with Crippen LogP contribution >= 0.6 is 0 Å². The predicted octanol–water partition coefficient (Wildman–Crippen LogP) is 3.76. The third-order valence-corrected chi connectivity index (χ3v) is 3.64. The third kappa shape index (κ3) is 3.70. The van der Waals surface area contributed by atoms with Crippen molar-refractivity contribution in [3.05, 3.63) is 46.3 Å². The molecule has 7 nitrogen and oxygen atoms in total. The highest BCUT2D eigenvalue weighted by Gasteiger charge is 2.17. The highest BCUT2D eigenvalue weighted by Crippen LogP contribution is 2.29. The second-order valence-corrected chi connectivity index (χ2v) is 5.03. The van der Waals surface area contributed by atoms with E-state index in [0.29, 0.717) is 30.3 Å². The summed E-state index contributed by atoms with van der Waals surface area (Å²) in [6, 6.07) is 7.49. The van der Waals surface area contributed by atoms with Gasteiger partial charge in [0.25, 0.3) is 0 Å². The van der Waals surface area contributed by atoms with E-state index < -0.39 is 10.7 Å². The van der Waals surface area contributed by atoms with Crippen LogP contribution in [0.25, 0.3) is 0 Å². The minimum atomic E-state index is -0.532. The molecule has 2 N–H and O–H groups in total. The number of rotatable bonds is 7. The second-order valence-electron chi connectivity index (χ2n) is 5.03. The monoisotopic (exact) mass is 333 g/mol. The number of hydrogen-bond donors (Lipinski definition) is 2. The van der Waals surface area contributed by atoms with Gasteiger partial charge in [-0.25, -0.2) is 9.37 Å². The number of hydrogen-bond acceptors (Lipinski definition) is 6. The van der Waals surface area contributed by atoms with Gasteiger partial charge in [0.2, 0.25) is 5.82 Å². The van der Waals surface area contributed by atoms with Crippen LogP contribution in [0.3, 0.4) is 0 Å². The first-order valence-corrected chi connectivity index (χ1v) is 7.64. The van der Waals surface area contributed by atoms with Crippen molar-refractivity contribution in [2.75, 3.05) is 35.7 Å². The summed E-state index contributed by atoms with van der Waals surface area (Å²) in [6.07, 6.45) is 0.